The number of aryl methyl sites for hydroxylation is 2. The number of nitrogens with zero attached hydrogens (tertiary/aromatic N) is 1. The molecule has 0 spiro atoms. The maximum Gasteiger partial charge on any atom is 0.183 e. The first-order chi connectivity index (χ1) is 8.69. The van der Waals surface area contributed by atoms with Crippen molar-refractivity contribution in [2.24, 2.45) is 0 Å². The van der Waals surface area contributed by atoms with E-state index >= 15 is 0 Å². The molecule has 0 saturated carbocycles. The Labute approximate surface area is 112 Å². The summed E-state index contributed by atoms with van der Waals surface area (Å²) in [6.45, 7) is 5.04. The molecule has 0 bridgehead atoms. The zero-order valence-corrected chi connectivity index (χ0v) is 11.8. The van der Waals surface area contributed by atoms with Crippen LogP contribution in [0.3, 0.4) is 0 Å². The van der Waals surface area contributed by atoms with Crippen molar-refractivity contribution in [1.29, 1.82) is 0 Å². The summed E-state index contributed by atoms with van der Waals surface area (Å²) in [6.07, 6.45) is 0.988. The molecule has 1 aromatic carbocycles. The zero-order chi connectivity index (χ0) is 13.0. The maximum atomic E-state index is 5.13. The molecule has 0 atom stereocenters. The third-order valence-corrected chi connectivity index (χ3v) is 3.91. The van der Waals surface area contributed by atoms with Crippen LogP contribution in [0.25, 0.3) is 0 Å². The van der Waals surface area contributed by atoms with Gasteiger partial charge in [-0.3, -0.25) is 0 Å². The van der Waals surface area contributed by atoms with E-state index in [0.29, 0.717) is 0 Å². The van der Waals surface area contributed by atoms with Crippen molar-refractivity contribution in [2.75, 3.05) is 19.0 Å². The molecule has 0 fully saturated rings. The van der Waals surface area contributed by atoms with Crippen LogP contribution in [0.5, 0.6) is 5.75 Å². The largest absolute Gasteiger partial charge is 0.497 e. The summed E-state index contributed by atoms with van der Waals surface area (Å²) in [5, 5.41) is 4.37. The van der Waals surface area contributed by atoms with Gasteiger partial charge in [0, 0.05) is 11.4 Å². The SMILES string of the molecule is COc1ccc(CCNc2nc(C)c(C)s2)cc1. The fraction of sp³-hybridized carbons (Fsp3) is 0.357. The lowest BCUT2D eigenvalue weighted by atomic mass is 10.1. The number of hydrogen-bond acceptors (Lipinski definition) is 4. The molecule has 0 unspecified atom stereocenters. The number of benzene rings is 1. The molecule has 0 radical (unpaired) electrons. The van der Waals surface area contributed by atoms with Gasteiger partial charge < -0.3 is 10.1 Å². The summed E-state index contributed by atoms with van der Waals surface area (Å²) in [6, 6.07) is 8.18. The van der Waals surface area contributed by atoms with Gasteiger partial charge in [-0.1, -0.05) is 12.1 Å². The summed E-state index contributed by atoms with van der Waals surface area (Å²) < 4.78 is 5.13. The van der Waals surface area contributed by atoms with Crippen molar-refractivity contribution in [2.45, 2.75) is 20.3 Å². The second-order valence-corrected chi connectivity index (χ2v) is 5.39. The number of anilines is 1. The highest BCUT2D eigenvalue weighted by Gasteiger charge is 2.02. The first-order valence-corrected chi connectivity index (χ1v) is 6.81. The van der Waals surface area contributed by atoms with Crippen LogP contribution in [0.2, 0.25) is 0 Å². The van der Waals surface area contributed by atoms with Crippen LogP contribution in [-0.4, -0.2) is 18.6 Å². The summed E-state index contributed by atoms with van der Waals surface area (Å²) in [7, 11) is 1.68. The molecule has 2 rings (SSSR count). The Kier molecular flexibility index (Phi) is 4.20. The van der Waals surface area contributed by atoms with Crippen molar-refractivity contribution in [3.05, 3.63) is 40.4 Å². The van der Waals surface area contributed by atoms with Crippen molar-refractivity contribution in [1.82, 2.24) is 4.98 Å². The van der Waals surface area contributed by atoms with Crippen molar-refractivity contribution in [3.63, 3.8) is 0 Å². The average molecular weight is 262 g/mol. The lowest BCUT2D eigenvalue weighted by Gasteiger charge is -2.04. The fourth-order valence-corrected chi connectivity index (χ4v) is 2.49. The third-order valence-electron chi connectivity index (χ3n) is 2.88. The molecular formula is C14H18N2OS. The summed E-state index contributed by atoms with van der Waals surface area (Å²) in [5.41, 5.74) is 2.42. The highest BCUT2D eigenvalue weighted by Crippen LogP contribution is 2.21. The fourth-order valence-electron chi connectivity index (χ4n) is 1.65. The van der Waals surface area contributed by atoms with Gasteiger partial charge in [-0.25, -0.2) is 4.98 Å². The second kappa shape index (κ2) is 5.87. The van der Waals surface area contributed by atoms with E-state index in [1.54, 1.807) is 18.4 Å². The van der Waals surface area contributed by atoms with Gasteiger partial charge in [-0.15, -0.1) is 11.3 Å². The summed E-state index contributed by atoms with van der Waals surface area (Å²) >= 11 is 1.71. The van der Waals surface area contributed by atoms with E-state index in [9.17, 15) is 0 Å². The monoisotopic (exact) mass is 262 g/mol. The number of aromatic nitrogens is 1. The van der Waals surface area contributed by atoms with Crippen LogP contribution in [0.1, 0.15) is 16.1 Å². The van der Waals surface area contributed by atoms with E-state index in [1.807, 2.05) is 19.1 Å². The van der Waals surface area contributed by atoms with Crippen LogP contribution in [0, 0.1) is 13.8 Å². The number of nitrogens with one attached hydrogen (secondary N) is 1. The Morgan fingerprint density at radius 2 is 1.94 bits per heavy atom. The number of ether oxygens (including phenoxy) is 1. The minimum absolute atomic E-state index is 0.901. The molecule has 96 valence electrons. The lowest BCUT2D eigenvalue weighted by Crippen LogP contribution is -2.04. The highest BCUT2D eigenvalue weighted by atomic mass is 32.1. The number of rotatable bonds is 5. The average Bonchev–Trinajstić information content (AvgIpc) is 2.69. The van der Waals surface area contributed by atoms with Gasteiger partial charge in [-0.2, -0.15) is 0 Å². The number of thiazole rings is 1. The summed E-state index contributed by atoms with van der Waals surface area (Å²) in [4.78, 5) is 5.74. The first-order valence-electron chi connectivity index (χ1n) is 6.00. The highest BCUT2D eigenvalue weighted by molar-refractivity contribution is 7.15. The quantitative estimate of drug-likeness (QED) is 0.896. The number of methoxy groups -OCH3 is 1. The second-order valence-electron chi connectivity index (χ2n) is 4.19. The molecule has 0 saturated heterocycles. The van der Waals surface area contributed by atoms with Gasteiger partial charge in [0.1, 0.15) is 5.75 Å². The zero-order valence-electron chi connectivity index (χ0n) is 11.0. The van der Waals surface area contributed by atoms with Gasteiger partial charge in [0.05, 0.1) is 12.8 Å². The van der Waals surface area contributed by atoms with Crippen LogP contribution in [0.15, 0.2) is 24.3 Å². The van der Waals surface area contributed by atoms with Crippen molar-refractivity contribution in [3.8, 4) is 5.75 Å². The molecule has 2 aromatic rings. The summed E-state index contributed by atoms with van der Waals surface area (Å²) in [5.74, 6) is 0.901. The normalized spacial score (nSPS) is 10.4. The molecule has 1 heterocycles. The molecule has 4 heteroatoms. The molecule has 1 N–H and O–H groups in total. The Morgan fingerprint density at radius 1 is 1.22 bits per heavy atom. The predicted molar refractivity (Wildman–Crippen MR) is 76.8 cm³/mol. The van der Waals surface area contributed by atoms with Gasteiger partial charge in [0.2, 0.25) is 0 Å². The topological polar surface area (TPSA) is 34.1 Å². The molecule has 0 aliphatic carbocycles. The Morgan fingerprint density at radius 3 is 2.50 bits per heavy atom. The van der Waals surface area contributed by atoms with Gasteiger partial charge in [-0.05, 0) is 38.0 Å². The van der Waals surface area contributed by atoms with E-state index in [1.165, 1.54) is 10.4 Å². The van der Waals surface area contributed by atoms with Crippen LogP contribution in [-0.2, 0) is 6.42 Å². The smallest absolute Gasteiger partial charge is 0.183 e. The molecule has 0 amide bonds. The van der Waals surface area contributed by atoms with E-state index in [0.717, 1.165) is 29.5 Å². The molecule has 3 nitrogen and oxygen atoms in total. The van der Waals surface area contributed by atoms with E-state index in [2.05, 4.69) is 29.4 Å². The predicted octanol–water partition coefficient (Wildman–Crippen LogP) is 3.42. The van der Waals surface area contributed by atoms with E-state index < -0.39 is 0 Å². The molecule has 1 aromatic heterocycles. The van der Waals surface area contributed by atoms with E-state index in [4.69, 9.17) is 4.74 Å². The molecular weight excluding hydrogens is 244 g/mol. The number of hydrogen-bond donors (Lipinski definition) is 1. The Balaban J connectivity index is 1.84. The van der Waals surface area contributed by atoms with Crippen LogP contribution >= 0.6 is 11.3 Å². The first kappa shape index (κ1) is 12.9. The maximum absolute atomic E-state index is 5.13. The van der Waals surface area contributed by atoms with E-state index in [-0.39, 0.29) is 0 Å². The van der Waals surface area contributed by atoms with Crippen molar-refractivity contribution < 1.29 is 4.74 Å². The molecule has 18 heavy (non-hydrogen) atoms. The minimum atomic E-state index is 0.901. The van der Waals surface area contributed by atoms with Gasteiger partial charge in [0.25, 0.3) is 0 Å². The standard InChI is InChI=1S/C14H18N2OS/c1-10-11(2)18-14(16-10)15-9-8-12-4-6-13(17-3)7-5-12/h4-7H,8-9H2,1-3H3,(H,15,16). The Hall–Kier alpha value is -1.55. The third kappa shape index (κ3) is 3.23. The van der Waals surface area contributed by atoms with Crippen LogP contribution < -0.4 is 10.1 Å². The molecule has 0 aliphatic rings. The van der Waals surface area contributed by atoms with Crippen molar-refractivity contribution >= 4 is 16.5 Å². The van der Waals surface area contributed by atoms with Gasteiger partial charge in [0.15, 0.2) is 5.13 Å². The molecule has 0 aliphatic heterocycles. The van der Waals surface area contributed by atoms with Gasteiger partial charge >= 0.3 is 0 Å². The van der Waals surface area contributed by atoms with Crippen LogP contribution in [0.4, 0.5) is 5.13 Å². The minimum Gasteiger partial charge on any atom is -0.497 e. The Bertz CT molecular complexity index is 486. The lowest BCUT2D eigenvalue weighted by molar-refractivity contribution is 0.414.